The second-order valence-corrected chi connectivity index (χ2v) is 7.55. The van der Waals surface area contributed by atoms with Crippen molar-refractivity contribution in [3.05, 3.63) is 0 Å². The number of carbonyl (C=O) groups is 1. The van der Waals surface area contributed by atoms with E-state index in [0.717, 1.165) is 25.7 Å². The first kappa shape index (κ1) is 17.9. The average Bonchev–Trinajstić information content (AvgIpc) is 2.32. The van der Waals surface area contributed by atoms with Gasteiger partial charge in [-0.25, -0.2) is 0 Å². The summed E-state index contributed by atoms with van der Waals surface area (Å²) < 4.78 is 5.85. The molecule has 0 amide bonds. The van der Waals surface area contributed by atoms with E-state index in [9.17, 15) is 4.79 Å². The minimum atomic E-state index is -0.243. The molecule has 0 fully saturated rings. The molecule has 0 rings (SSSR count). The summed E-state index contributed by atoms with van der Waals surface area (Å²) >= 11 is 0. The fourth-order valence-electron chi connectivity index (χ4n) is 2.17. The molecule has 2 atom stereocenters. The molecule has 2 unspecified atom stereocenters. The van der Waals surface area contributed by atoms with E-state index in [-0.39, 0.29) is 22.6 Å². The second kappa shape index (κ2) is 7.48. The Morgan fingerprint density at radius 1 is 1.11 bits per heavy atom. The van der Waals surface area contributed by atoms with Crippen LogP contribution in [0.4, 0.5) is 0 Å². The molecule has 108 valence electrons. The Morgan fingerprint density at radius 2 is 1.56 bits per heavy atom. The highest BCUT2D eigenvalue weighted by Gasteiger charge is 2.32. The average molecular weight is 274 g/mol. The lowest BCUT2D eigenvalue weighted by Crippen LogP contribution is -2.37. The van der Waals surface area contributed by atoms with E-state index >= 15 is 0 Å². The Morgan fingerprint density at radius 3 is 1.83 bits per heavy atom. The molecule has 0 aliphatic carbocycles. The van der Waals surface area contributed by atoms with Gasteiger partial charge in [0.15, 0.2) is 0 Å². The Labute approximate surface area is 115 Å². The molecule has 0 spiro atoms. The predicted molar refractivity (Wildman–Crippen MR) is 81.8 cm³/mol. The number of ether oxygens (including phenoxy) is 1. The predicted octanol–water partition coefficient (Wildman–Crippen LogP) is 4.61. The third-order valence-electron chi connectivity index (χ3n) is 3.70. The quantitative estimate of drug-likeness (QED) is 0.500. The molecule has 0 N–H and O–H groups in total. The lowest BCUT2D eigenvalue weighted by molar-refractivity contribution is -0.161. The van der Waals surface area contributed by atoms with Gasteiger partial charge in [-0.05, 0) is 37.8 Å². The highest BCUT2D eigenvalue weighted by molar-refractivity contribution is 7.39. The molecule has 0 bridgehead atoms. The van der Waals surface area contributed by atoms with Crippen LogP contribution in [0, 0.1) is 5.41 Å². The summed E-state index contributed by atoms with van der Waals surface area (Å²) in [5, 5.41) is 0. The third kappa shape index (κ3) is 5.69. The first-order valence-electron chi connectivity index (χ1n) is 7.13. The summed E-state index contributed by atoms with van der Waals surface area (Å²) in [6, 6.07) is 0. The lowest BCUT2D eigenvalue weighted by Gasteiger charge is -2.33. The molecule has 0 aromatic heterocycles. The first-order chi connectivity index (χ1) is 8.23. The van der Waals surface area contributed by atoms with E-state index in [1.807, 2.05) is 0 Å². The van der Waals surface area contributed by atoms with Crippen LogP contribution in [0.3, 0.4) is 0 Å². The maximum absolute atomic E-state index is 12.3. The number of hydrogen-bond donors (Lipinski definition) is 0. The molecule has 0 aromatic rings. The van der Waals surface area contributed by atoms with E-state index in [0.29, 0.717) is 8.58 Å². The summed E-state index contributed by atoms with van der Waals surface area (Å²) in [7, 11) is 0.618. The van der Waals surface area contributed by atoms with Gasteiger partial charge in [0, 0.05) is 0 Å². The smallest absolute Gasteiger partial charge is 0.313 e. The van der Waals surface area contributed by atoms with Crippen molar-refractivity contribution >= 4 is 14.6 Å². The van der Waals surface area contributed by atoms with Crippen LogP contribution in [0.15, 0.2) is 0 Å². The Balaban J connectivity index is 4.70. The largest absolute Gasteiger partial charge is 0.459 e. The Hall–Kier alpha value is -0.100. The molecule has 0 aliphatic heterocycles. The van der Waals surface area contributed by atoms with E-state index in [1.165, 1.54) is 0 Å². The van der Waals surface area contributed by atoms with Crippen LogP contribution < -0.4 is 0 Å². The summed E-state index contributed by atoms with van der Waals surface area (Å²) in [6.07, 6.45) is 3.62. The molecule has 2 nitrogen and oxygen atoms in total. The minimum absolute atomic E-state index is 0.0105. The van der Waals surface area contributed by atoms with Crippen molar-refractivity contribution in [2.75, 3.05) is 6.66 Å². The van der Waals surface area contributed by atoms with Crippen LogP contribution in [0.25, 0.3) is 0 Å². The second-order valence-electron chi connectivity index (χ2n) is 6.27. The van der Waals surface area contributed by atoms with E-state index in [4.69, 9.17) is 4.74 Å². The van der Waals surface area contributed by atoms with Crippen molar-refractivity contribution in [2.45, 2.75) is 78.5 Å². The first-order valence-corrected chi connectivity index (χ1v) is 8.71. The van der Waals surface area contributed by atoms with Gasteiger partial charge in [0.2, 0.25) is 0 Å². The van der Waals surface area contributed by atoms with Crippen molar-refractivity contribution in [2.24, 2.45) is 5.41 Å². The normalized spacial score (nSPS) is 15.1. The van der Waals surface area contributed by atoms with Gasteiger partial charge in [-0.15, -0.1) is 8.58 Å². The van der Waals surface area contributed by atoms with Gasteiger partial charge in [-0.2, -0.15) is 0 Å². The fraction of sp³-hybridized carbons (Fsp3) is 0.933. The van der Waals surface area contributed by atoms with Crippen molar-refractivity contribution in [1.29, 1.82) is 0 Å². The van der Waals surface area contributed by atoms with Crippen LogP contribution in [0.1, 0.15) is 67.2 Å². The zero-order chi connectivity index (χ0) is 14.4. The molecular formula is C15H31O2P. The highest BCUT2D eigenvalue weighted by atomic mass is 31.1. The molecule has 0 saturated heterocycles. The number of rotatable bonds is 7. The van der Waals surface area contributed by atoms with Crippen molar-refractivity contribution in [3.8, 4) is 0 Å². The topological polar surface area (TPSA) is 26.3 Å². The molecular weight excluding hydrogens is 243 g/mol. The van der Waals surface area contributed by atoms with Gasteiger partial charge in [-0.3, -0.25) is 4.79 Å². The monoisotopic (exact) mass is 274 g/mol. The molecule has 0 aliphatic rings. The van der Waals surface area contributed by atoms with E-state index < -0.39 is 0 Å². The van der Waals surface area contributed by atoms with Gasteiger partial charge >= 0.3 is 5.97 Å². The maximum atomic E-state index is 12.3. The summed E-state index contributed by atoms with van der Waals surface area (Å²) in [4.78, 5) is 12.3. The number of carbonyl (C=O) groups excluding carboxylic acids is 1. The summed E-state index contributed by atoms with van der Waals surface area (Å²) in [6.45, 7) is 15.0. The standard InChI is InChI=1S/C15H31O2P/c1-8-15(9-2,10-3)17-13(16)12(18-7)11-14(4,5)6/h12,18H,8-11H2,1-7H3. The third-order valence-corrected chi connectivity index (χ3v) is 4.84. The van der Waals surface area contributed by atoms with Crippen molar-refractivity contribution < 1.29 is 9.53 Å². The Bertz CT molecular complexity index is 243. The summed E-state index contributed by atoms with van der Waals surface area (Å²) in [5.41, 5.74) is 0.00128. The van der Waals surface area contributed by atoms with E-state index in [2.05, 4.69) is 48.2 Å². The van der Waals surface area contributed by atoms with Crippen LogP contribution in [-0.4, -0.2) is 23.9 Å². The molecule has 0 aromatic carbocycles. The lowest BCUT2D eigenvalue weighted by atomic mass is 9.90. The van der Waals surface area contributed by atoms with Gasteiger partial charge in [0.05, 0.1) is 5.66 Å². The van der Waals surface area contributed by atoms with E-state index in [1.54, 1.807) is 0 Å². The van der Waals surface area contributed by atoms with Crippen LogP contribution in [-0.2, 0) is 9.53 Å². The van der Waals surface area contributed by atoms with Crippen LogP contribution >= 0.6 is 8.58 Å². The SMILES string of the molecule is CCC(CC)(CC)OC(=O)C(CC(C)(C)C)PC. The molecule has 0 saturated carbocycles. The van der Waals surface area contributed by atoms with Crippen LogP contribution in [0.2, 0.25) is 0 Å². The zero-order valence-corrected chi connectivity index (χ0v) is 14.2. The van der Waals surface area contributed by atoms with Gasteiger partial charge in [-0.1, -0.05) is 41.5 Å². The minimum Gasteiger partial charge on any atom is -0.459 e. The van der Waals surface area contributed by atoms with Crippen molar-refractivity contribution in [3.63, 3.8) is 0 Å². The Kier molecular flexibility index (Phi) is 7.44. The summed E-state index contributed by atoms with van der Waals surface area (Å²) in [5.74, 6) is 0.0105. The molecule has 0 radical (unpaired) electrons. The highest BCUT2D eigenvalue weighted by Crippen LogP contribution is 2.33. The van der Waals surface area contributed by atoms with Crippen molar-refractivity contribution in [1.82, 2.24) is 0 Å². The van der Waals surface area contributed by atoms with Gasteiger partial charge < -0.3 is 4.74 Å². The maximum Gasteiger partial charge on any atom is 0.313 e. The number of hydrogen-bond acceptors (Lipinski definition) is 2. The number of esters is 1. The zero-order valence-electron chi connectivity index (χ0n) is 13.2. The molecule has 3 heteroatoms. The fourth-order valence-corrected chi connectivity index (χ4v) is 3.28. The van der Waals surface area contributed by atoms with Crippen LogP contribution in [0.5, 0.6) is 0 Å². The van der Waals surface area contributed by atoms with Gasteiger partial charge in [0.25, 0.3) is 0 Å². The molecule has 18 heavy (non-hydrogen) atoms. The molecule has 0 heterocycles. The van der Waals surface area contributed by atoms with Gasteiger partial charge in [0.1, 0.15) is 5.60 Å².